The van der Waals surface area contributed by atoms with Crippen molar-refractivity contribution >= 4 is 17.4 Å². The Morgan fingerprint density at radius 3 is 2.80 bits per heavy atom. The van der Waals surface area contributed by atoms with Crippen LogP contribution in [0.3, 0.4) is 0 Å². The van der Waals surface area contributed by atoms with E-state index in [-0.39, 0.29) is 0 Å². The van der Waals surface area contributed by atoms with Crippen LogP contribution < -0.4 is 5.73 Å². The topological polar surface area (TPSA) is 51.4 Å². The predicted molar refractivity (Wildman–Crippen MR) is 59.8 cm³/mol. The second-order valence-electron chi connectivity index (χ2n) is 3.61. The molecule has 0 radical (unpaired) electrons. The average Bonchev–Trinajstić information content (AvgIpc) is 2.17. The molecule has 15 heavy (non-hydrogen) atoms. The van der Waals surface area contributed by atoms with E-state index in [1.807, 2.05) is 12.1 Å². The second kappa shape index (κ2) is 4.79. The molecular weight excluding hydrogens is 214 g/mol. The van der Waals surface area contributed by atoms with E-state index in [1.54, 1.807) is 0 Å². The maximum Gasteiger partial charge on any atom is 0.131 e. The van der Waals surface area contributed by atoms with Gasteiger partial charge in [-0.15, -0.1) is 0 Å². The van der Waals surface area contributed by atoms with Crippen molar-refractivity contribution in [2.75, 3.05) is 32.0 Å². The summed E-state index contributed by atoms with van der Waals surface area (Å²) in [6.07, 6.45) is 0. The first kappa shape index (κ1) is 10.7. The normalized spacial score (nSPS) is 17.9. The highest BCUT2D eigenvalue weighted by molar-refractivity contribution is 6.29. The number of pyridine rings is 1. The largest absolute Gasteiger partial charge is 0.384 e. The van der Waals surface area contributed by atoms with Gasteiger partial charge in [0.25, 0.3) is 0 Å². The molecule has 2 rings (SSSR count). The van der Waals surface area contributed by atoms with E-state index in [1.165, 1.54) is 0 Å². The van der Waals surface area contributed by atoms with Crippen LogP contribution in [0.15, 0.2) is 12.1 Å². The molecule has 1 aliphatic rings. The van der Waals surface area contributed by atoms with Gasteiger partial charge < -0.3 is 10.5 Å². The van der Waals surface area contributed by atoms with E-state index in [9.17, 15) is 0 Å². The smallest absolute Gasteiger partial charge is 0.131 e. The third kappa shape index (κ3) is 3.06. The van der Waals surface area contributed by atoms with Crippen molar-refractivity contribution < 1.29 is 4.74 Å². The van der Waals surface area contributed by atoms with E-state index in [0.717, 1.165) is 38.4 Å². The standard InChI is InChI=1S/C10H14ClN3O/c11-9-5-8(6-10(12)13-9)7-14-1-3-15-4-2-14/h5-6H,1-4,7H2,(H2,12,13). The molecule has 0 aromatic carbocycles. The van der Waals surface area contributed by atoms with Gasteiger partial charge in [0, 0.05) is 19.6 Å². The highest BCUT2D eigenvalue weighted by atomic mass is 35.5. The summed E-state index contributed by atoms with van der Waals surface area (Å²) in [5, 5.41) is 0.457. The van der Waals surface area contributed by atoms with Gasteiger partial charge in [0.15, 0.2) is 0 Å². The van der Waals surface area contributed by atoms with Gasteiger partial charge in [-0.25, -0.2) is 4.98 Å². The molecule has 1 fully saturated rings. The van der Waals surface area contributed by atoms with Gasteiger partial charge in [0.05, 0.1) is 13.2 Å². The molecule has 0 bridgehead atoms. The Labute approximate surface area is 94.0 Å². The fraction of sp³-hybridized carbons (Fsp3) is 0.500. The molecule has 2 heterocycles. The van der Waals surface area contributed by atoms with Crippen molar-refractivity contribution in [3.8, 4) is 0 Å². The lowest BCUT2D eigenvalue weighted by molar-refractivity contribution is 0.0342. The van der Waals surface area contributed by atoms with Crippen LogP contribution in [0.4, 0.5) is 5.82 Å². The molecular formula is C10H14ClN3O. The van der Waals surface area contributed by atoms with Gasteiger partial charge in [0.2, 0.25) is 0 Å². The van der Waals surface area contributed by atoms with Crippen molar-refractivity contribution in [3.63, 3.8) is 0 Å². The minimum atomic E-state index is 0.457. The zero-order chi connectivity index (χ0) is 10.7. The molecule has 2 N–H and O–H groups in total. The summed E-state index contributed by atoms with van der Waals surface area (Å²) in [6.45, 7) is 4.37. The number of anilines is 1. The Kier molecular flexibility index (Phi) is 3.41. The number of halogens is 1. The third-order valence-electron chi connectivity index (χ3n) is 2.38. The number of hydrogen-bond acceptors (Lipinski definition) is 4. The molecule has 1 saturated heterocycles. The van der Waals surface area contributed by atoms with Crippen LogP contribution in [-0.4, -0.2) is 36.2 Å². The lowest BCUT2D eigenvalue weighted by atomic mass is 10.2. The summed E-state index contributed by atoms with van der Waals surface area (Å²) in [6, 6.07) is 3.72. The molecule has 0 unspecified atom stereocenters. The number of rotatable bonds is 2. The molecule has 4 nitrogen and oxygen atoms in total. The molecule has 0 saturated carbocycles. The summed E-state index contributed by atoms with van der Waals surface area (Å²) in [4.78, 5) is 6.24. The molecule has 5 heteroatoms. The molecule has 1 aromatic heterocycles. The van der Waals surface area contributed by atoms with Crippen LogP contribution in [0, 0.1) is 0 Å². The molecule has 1 aromatic rings. The minimum Gasteiger partial charge on any atom is -0.384 e. The van der Waals surface area contributed by atoms with Gasteiger partial charge in [-0.2, -0.15) is 0 Å². The van der Waals surface area contributed by atoms with Gasteiger partial charge >= 0.3 is 0 Å². The van der Waals surface area contributed by atoms with Gasteiger partial charge in [-0.3, -0.25) is 4.90 Å². The van der Waals surface area contributed by atoms with Gasteiger partial charge in [-0.1, -0.05) is 11.6 Å². The van der Waals surface area contributed by atoms with Crippen LogP contribution >= 0.6 is 11.6 Å². The van der Waals surface area contributed by atoms with Gasteiger partial charge in [-0.05, 0) is 17.7 Å². The summed E-state index contributed by atoms with van der Waals surface area (Å²) in [5.74, 6) is 0.478. The fourth-order valence-corrected chi connectivity index (χ4v) is 1.92. The number of morpholine rings is 1. The summed E-state index contributed by atoms with van der Waals surface area (Å²) in [5.41, 5.74) is 6.73. The van der Waals surface area contributed by atoms with E-state index in [2.05, 4.69) is 9.88 Å². The van der Waals surface area contributed by atoms with Crippen molar-refractivity contribution in [2.45, 2.75) is 6.54 Å². The van der Waals surface area contributed by atoms with Crippen molar-refractivity contribution in [1.82, 2.24) is 9.88 Å². The van der Waals surface area contributed by atoms with Crippen LogP contribution in [0.25, 0.3) is 0 Å². The van der Waals surface area contributed by atoms with Gasteiger partial charge in [0.1, 0.15) is 11.0 Å². The second-order valence-corrected chi connectivity index (χ2v) is 4.00. The van der Waals surface area contributed by atoms with E-state index in [4.69, 9.17) is 22.1 Å². The molecule has 0 amide bonds. The molecule has 0 aliphatic carbocycles. The Morgan fingerprint density at radius 2 is 2.13 bits per heavy atom. The van der Waals surface area contributed by atoms with Crippen molar-refractivity contribution in [1.29, 1.82) is 0 Å². The van der Waals surface area contributed by atoms with Crippen LogP contribution in [0.5, 0.6) is 0 Å². The van der Waals surface area contributed by atoms with E-state index < -0.39 is 0 Å². The first-order valence-electron chi connectivity index (χ1n) is 4.96. The maximum absolute atomic E-state index is 5.83. The zero-order valence-electron chi connectivity index (χ0n) is 8.45. The number of hydrogen-bond donors (Lipinski definition) is 1. The Hall–Kier alpha value is -0.840. The van der Waals surface area contributed by atoms with Crippen LogP contribution in [0.2, 0.25) is 5.15 Å². The third-order valence-corrected chi connectivity index (χ3v) is 2.58. The summed E-state index contributed by atoms with van der Waals surface area (Å²) < 4.78 is 5.28. The average molecular weight is 228 g/mol. The molecule has 82 valence electrons. The number of ether oxygens (including phenoxy) is 1. The van der Waals surface area contributed by atoms with Crippen LogP contribution in [-0.2, 0) is 11.3 Å². The lowest BCUT2D eigenvalue weighted by Crippen LogP contribution is -2.35. The summed E-state index contributed by atoms with van der Waals surface area (Å²) >= 11 is 5.83. The zero-order valence-corrected chi connectivity index (χ0v) is 9.20. The lowest BCUT2D eigenvalue weighted by Gasteiger charge is -2.26. The maximum atomic E-state index is 5.83. The Balaban J connectivity index is 2.02. The molecule has 0 spiro atoms. The number of nitrogen functional groups attached to an aromatic ring is 1. The highest BCUT2D eigenvalue weighted by Gasteiger charge is 2.11. The number of aromatic nitrogens is 1. The Bertz CT molecular complexity index is 319. The highest BCUT2D eigenvalue weighted by Crippen LogP contribution is 2.14. The first-order valence-corrected chi connectivity index (χ1v) is 5.34. The monoisotopic (exact) mass is 227 g/mol. The quantitative estimate of drug-likeness (QED) is 0.771. The van der Waals surface area contributed by atoms with Crippen LogP contribution in [0.1, 0.15) is 5.56 Å². The minimum absolute atomic E-state index is 0.457. The first-order chi connectivity index (χ1) is 7.24. The summed E-state index contributed by atoms with van der Waals surface area (Å²) in [7, 11) is 0. The SMILES string of the molecule is Nc1cc(CN2CCOCC2)cc(Cl)n1. The number of nitrogens with zero attached hydrogens (tertiary/aromatic N) is 2. The number of nitrogens with two attached hydrogens (primary N) is 1. The molecule has 1 aliphatic heterocycles. The van der Waals surface area contributed by atoms with E-state index in [0.29, 0.717) is 11.0 Å². The van der Waals surface area contributed by atoms with E-state index >= 15 is 0 Å². The Morgan fingerprint density at radius 1 is 1.40 bits per heavy atom. The van der Waals surface area contributed by atoms with Crippen molar-refractivity contribution in [2.24, 2.45) is 0 Å². The fourth-order valence-electron chi connectivity index (χ4n) is 1.68. The predicted octanol–water partition coefficient (Wildman–Crippen LogP) is 1.15. The molecule has 0 atom stereocenters. The van der Waals surface area contributed by atoms with Crippen molar-refractivity contribution in [3.05, 3.63) is 22.8 Å².